The highest BCUT2D eigenvalue weighted by atomic mass is 35.5. The zero-order valence-corrected chi connectivity index (χ0v) is 19.3. The van der Waals surface area contributed by atoms with Gasteiger partial charge in [0, 0.05) is 30.6 Å². The van der Waals surface area contributed by atoms with Crippen LogP contribution in [0, 0.1) is 5.82 Å². The highest BCUT2D eigenvalue weighted by Crippen LogP contribution is 2.38. The van der Waals surface area contributed by atoms with Crippen LogP contribution in [0.2, 0.25) is 5.02 Å². The molecule has 0 aliphatic carbocycles. The van der Waals surface area contributed by atoms with Crippen LogP contribution in [0.4, 0.5) is 4.39 Å². The molecule has 1 N–H and O–H groups in total. The molecule has 0 saturated heterocycles. The van der Waals surface area contributed by atoms with Gasteiger partial charge in [-0.3, -0.25) is 0 Å². The van der Waals surface area contributed by atoms with Crippen LogP contribution in [0.5, 0.6) is 11.5 Å². The van der Waals surface area contributed by atoms with E-state index in [1.807, 2.05) is 12.1 Å². The SMILES string of the molecule is CCCCCCC[C@H]1C[C@H](NCc2ccc(F)c(Cl)c2)c2ccc(OC)cc2O1.Cl. The summed E-state index contributed by atoms with van der Waals surface area (Å²) in [7, 11) is 1.67. The molecule has 3 rings (SSSR count). The molecule has 2 aromatic carbocycles. The zero-order valence-electron chi connectivity index (χ0n) is 17.8. The average Bonchev–Trinajstić information content (AvgIpc) is 2.73. The third-order valence-corrected chi connectivity index (χ3v) is 5.84. The van der Waals surface area contributed by atoms with E-state index in [-0.39, 0.29) is 35.4 Å². The summed E-state index contributed by atoms with van der Waals surface area (Å²) in [6, 6.07) is 11.1. The molecule has 2 atom stereocenters. The minimum atomic E-state index is -0.387. The largest absolute Gasteiger partial charge is 0.497 e. The summed E-state index contributed by atoms with van der Waals surface area (Å²) in [5, 5.41) is 3.78. The standard InChI is InChI=1S/C24H31ClFNO2.ClH/c1-3-4-5-6-7-8-19-14-23(20-11-10-18(28-2)15-24(20)29-19)27-16-17-9-12-22(26)21(25)13-17;/h9-13,15,19,23,27H,3-8,14,16H2,1-2H3;1H/t19-,23-;/m0./s1. The Morgan fingerprint density at radius 2 is 1.93 bits per heavy atom. The van der Waals surface area contributed by atoms with Crippen LogP contribution >= 0.6 is 24.0 Å². The van der Waals surface area contributed by atoms with E-state index in [0.717, 1.165) is 35.5 Å². The van der Waals surface area contributed by atoms with Crippen molar-refractivity contribution >= 4 is 24.0 Å². The summed E-state index contributed by atoms with van der Waals surface area (Å²) < 4.78 is 25.1. The maximum atomic E-state index is 13.4. The third-order valence-electron chi connectivity index (χ3n) is 5.55. The molecule has 30 heavy (non-hydrogen) atoms. The van der Waals surface area contributed by atoms with Crippen molar-refractivity contribution in [2.24, 2.45) is 0 Å². The van der Waals surface area contributed by atoms with Crippen molar-refractivity contribution < 1.29 is 13.9 Å². The lowest BCUT2D eigenvalue weighted by Gasteiger charge is -2.33. The van der Waals surface area contributed by atoms with Gasteiger partial charge in [0.05, 0.1) is 12.1 Å². The quantitative estimate of drug-likeness (QED) is 0.382. The van der Waals surface area contributed by atoms with E-state index in [2.05, 4.69) is 18.3 Å². The second kappa shape index (κ2) is 12.4. The van der Waals surface area contributed by atoms with E-state index >= 15 is 0 Å². The Hall–Kier alpha value is -1.49. The number of methoxy groups -OCH3 is 1. The maximum absolute atomic E-state index is 13.4. The maximum Gasteiger partial charge on any atom is 0.141 e. The van der Waals surface area contributed by atoms with E-state index in [1.54, 1.807) is 19.2 Å². The summed E-state index contributed by atoms with van der Waals surface area (Å²) >= 11 is 5.93. The lowest BCUT2D eigenvalue weighted by Crippen LogP contribution is -2.32. The second-order valence-electron chi connectivity index (χ2n) is 7.76. The number of benzene rings is 2. The van der Waals surface area contributed by atoms with Gasteiger partial charge in [0.2, 0.25) is 0 Å². The van der Waals surface area contributed by atoms with Gasteiger partial charge in [-0.05, 0) is 36.6 Å². The van der Waals surface area contributed by atoms with Gasteiger partial charge in [0.1, 0.15) is 23.4 Å². The fourth-order valence-corrected chi connectivity index (χ4v) is 4.09. The average molecular weight is 456 g/mol. The van der Waals surface area contributed by atoms with Gasteiger partial charge in [0.25, 0.3) is 0 Å². The molecule has 1 aliphatic heterocycles. The van der Waals surface area contributed by atoms with Crippen molar-refractivity contribution in [1.29, 1.82) is 0 Å². The summed E-state index contributed by atoms with van der Waals surface area (Å²) in [5.74, 6) is 1.31. The fourth-order valence-electron chi connectivity index (χ4n) is 3.89. The van der Waals surface area contributed by atoms with Crippen LogP contribution in [-0.4, -0.2) is 13.2 Å². The van der Waals surface area contributed by atoms with E-state index in [4.69, 9.17) is 21.1 Å². The number of rotatable bonds is 10. The van der Waals surface area contributed by atoms with Gasteiger partial charge in [-0.2, -0.15) is 0 Å². The molecule has 0 radical (unpaired) electrons. The number of hydrogen-bond donors (Lipinski definition) is 1. The van der Waals surface area contributed by atoms with Gasteiger partial charge in [-0.1, -0.05) is 56.3 Å². The fraction of sp³-hybridized carbons (Fsp3) is 0.500. The number of fused-ring (bicyclic) bond motifs is 1. The van der Waals surface area contributed by atoms with Crippen molar-refractivity contribution in [2.45, 2.75) is 70.6 Å². The summed E-state index contributed by atoms with van der Waals surface area (Å²) in [5.41, 5.74) is 2.11. The van der Waals surface area contributed by atoms with Gasteiger partial charge in [-0.25, -0.2) is 4.39 Å². The topological polar surface area (TPSA) is 30.5 Å². The Balaban J connectivity index is 0.00000320. The minimum absolute atomic E-state index is 0. The monoisotopic (exact) mass is 455 g/mol. The van der Waals surface area contributed by atoms with Crippen molar-refractivity contribution in [3.63, 3.8) is 0 Å². The molecule has 0 spiro atoms. The number of nitrogens with one attached hydrogen (secondary N) is 1. The molecule has 0 fully saturated rings. The summed E-state index contributed by atoms with van der Waals surface area (Å²) in [6.45, 7) is 2.86. The highest BCUT2D eigenvalue weighted by Gasteiger charge is 2.28. The molecular weight excluding hydrogens is 424 g/mol. The molecule has 2 aromatic rings. The summed E-state index contributed by atoms with van der Waals surface area (Å²) in [4.78, 5) is 0. The normalized spacial score (nSPS) is 17.6. The lowest BCUT2D eigenvalue weighted by atomic mass is 9.93. The predicted molar refractivity (Wildman–Crippen MR) is 124 cm³/mol. The van der Waals surface area contributed by atoms with Crippen LogP contribution in [0.1, 0.15) is 69.0 Å². The molecule has 0 amide bonds. The van der Waals surface area contributed by atoms with Crippen LogP contribution in [0.15, 0.2) is 36.4 Å². The van der Waals surface area contributed by atoms with E-state index in [0.29, 0.717) is 6.54 Å². The van der Waals surface area contributed by atoms with Crippen molar-refractivity contribution in [3.8, 4) is 11.5 Å². The van der Waals surface area contributed by atoms with E-state index in [9.17, 15) is 4.39 Å². The number of halogens is 3. The Bertz CT molecular complexity index is 803. The van der Waals surface area contributed by atoms with Crippen LogP contribution in [0.3, 0.4) is 0 Å². The summed E-state index contributed by atoms with van der Waals surface area (Å²) in [6.07, 6.45) is 8.45. The smallest absolute Gasteiger partial charge is 0.141 e. The molecule has 0 saturated carbocycles. The highest BCUT2D eigenvalue weighted by molar-refractivity contribution is 6.30. The zero-order chi connectivity index (χ0) is 20.6. The number of ether oxygens (including phenoxy) is 2. The first kappa shape index (κ1) is 24.8. The predicted octanol–water partition coefficient (Wildman–Crippen LogP) is 7.25. The van der Waals surface area contributed by atoms with Crippen molar-refractivity contribution in [1.82, 2.24) is 5.32 Å². The van der Waals surface area contributed by atoms with Gasteiger partial charge >= 0.3 is 0 Å². The molecule has 0 bridgehead atoms. The Labute approximate surface area is 190 Å². The van der Waals surface area contributed by atoms with Gasteiger partial charge in [0.15, 0.2) is 0 Å². The van der Waals surface area contributed by atoms with E-state index in [1.165, 1.54) is 38.2 Å². The first-order valence-electron chi connectivity index (χ1n) is 10.6. The minimum Gasteiger partial charge on any atom is -0.497 e. The Morgan fingerprint density at radius 3 is 2.67 bits per heavy atom. The van der Waals surface area contributed by atoms with E-state index < -0.39 is 0 Å². The van der Waals surface area contributed by atoms with Crippen molar-refractivity contribution in [3.05, 3.63) is 58.4 Å². The molecule has 166 valence electrons. The first-order valence-corrected chi connectivity index (χ1v) is 11.0. The molecular formula is C24H32Cl2FNO2. The lowest BCUT2D eigenvalue weighted by molar-refractivity contribution is 0.137. The van der Waals surface area contributed by atoms with Gasteiger partial charge < -0.3 is 14.8 Å². The molecule has 0 unspecified atom stereocenters. The van der Waals surface area contributed by atoms with Crippen LogP contribution in [0.25, 0.3) is 0 Å². The first-order chi connectivity index (χ1) is 14.1. The number of hydrogen-bond acceptors (Lipinski definition) is 3. The second-order valence-corrected chi connectivity index (χ2v) is 8.17. The van der Waals surface area contributed by atoms with Gasteiger partial charge in [-0.15, -0.1) is 12.4 Å². The number of unbranched alkanes of at least 4 members (excludes halogenated alkanes) is 4. The molecule has 1 aliphatic rings. The Morgan fingerprint density at radius 1 is 1.13 bits per heavy atom. The molecule has 0 aromatic heterocycles. The molecule has 1 heterocycles. The Kier molecular flexibility index (Phi) is 10.2. The van der Waals surface area contributed by atoms with Crippen molar-refractivity contribution in [2.75, 3.05) is 7.11 Å². The van der Waals surface area contributed by atoms with Crippen LogP contribution in [-0.2, 0) is 6.54 Å². The molecule has 3 nitrogen and oxygen atoms in total. The molecule has 6 heteroatoms. The third kappa shape index (κ3) is 6.76. The van der Waals surface area contributed by atoms with Crippen LogP contribution < -0.4 is 14.8 Å².